The van der Waals surface area contributed by atoms with Crippen molar-refractivity contribution in [1.82, 2.24) is 10.2 Å². The zero-order valence-electron chi connectivity index (χ0n) is 10.1. The van der Waals surface area contributed by atoms with Gasteiger partial charge in [-0.25, -0.2) is 4.79 Å². The largest absolute Gasteiger partial charge is 0.399 e. The lowest BCUT2D eigenvalue weighted by atomic mass is 10.2. The Kier molecular flexibility index (Phi) is 3.52. The van der Waals surface area contributed by atoms with E-state index < -0.39 is 0 Å². The van der Waals surface area contributed by atoms with Gasteiger partial charge in [-0.05, 0) is 37.5 Å². The van der Waals surface area contributed by atoms with Crippen LogP contribution in [0.3, 0.4) is 0 Å². The highest BCUT2D eigenvalue weighted by Gasteiger charge is 2.25. The summed E-state index contributed by atoms with van der Waals surface area (Å²) in [6.45, 7) is 3.34. The fraction of sp³-hybridized carbons (Fsp3) is 0.462. The average molecular weight is 233 g/mol. The molecule has 92 valence electrons. The summed E-state index contributed by atoms with van der Waals surface area (Å²) in [6.07, 6.45) is 2.23. The van der Waals surface area contributed by atoms with Crippen molar-refractivity contribution in [3.63, 3.8) is 0 Å². The Morgan fingerprint density at radius 1 is 1.41 bits per heavy atom. The lowest BCUT2D eigenvalue weighted by Crippen LogP contribution is -2.40. The van der Waals surface area contributed by atoms with Crippen LogP contribution in [0.4, 0.5) is 10.5 Å². The van der Waals surface area contributed by atoms with Crippen molar-refractivity contribution in [2.45, 2.75) is 32.4 Å². The number of nitrogens with one attached hydrogen (secondary N) is 1. The smallest absolute Gasteiger partial charge is 0.317 e. The summed E-state index contributed by atoms with van der Waals surface area (Å²) in [7, 11) is 0. The molecule has 4 heteroatoms. The Hall–Kier alpha value is -1.71. The van der Waals surface area contributed by atoms with Gasteiger partial charge in [-0.3, -0.25) is 0 Å². The molecule has 2 amide bonds. The second-order valence-corrected chi connectivity index (χ2v) is 4.48. The van der Waals surface area contributed by atoms with Crippen LogP contribution >= 0.6 is 0 Å². The maximum absolute atomic E-state index is 11.9. The third-order valence-electron chi connectivity index (χ3n) is 2.93. The summed E-state index contributed by atoms with van der Waals surface area (Å²) in [5.41, 5.74) is 7.48. The molecule has 0 aromatic heterocycles. The third kappa shape index (κ3) is 3.37. The van der Waals surface area contributed by atoms with Crippen LogP contribution in [0.25, 0.3) is 0 Å². The molecule has 0 bridgehead atoms. The van der Waals surface area contributed by atoms with Gasteiger partial charge in [0.1, 0.15) is 0 Å². The van der Waals surface area contributed by atoms with Crippen LogP contribution in [-0.2, 0) is 6.54 Å². The van der Waals surface area contributed by atoms with E-state index in [0.29, 0.717) is 19.1 Å². The number of nitrogen functional groups attached to an aromatic ring is 1. The SMILES string of the molecule is CCN(Cc1ccc(N)cc1)C(=O)NC1CC1. The summed E-state index contributed by atoms with van der Waals surface area (Å²) < 4.78 is 0. The number of hydrogen-bond donors (Lipinski definition) is 2. The average Bonchev–Trinajstić information content (AvgIpc) is 3.12. The number of carbonyl (C=O) groups excluding carboxylic acids is 1. The van der Waals surface area contributed by atoms with E-state index in [9.17, 15) is 4.79 Å². The minimum absolute atomic E-state index is 0.0341. The predicted molar refractivity (Wildman–Crippen MR) is 68.5 cm³/mol. The van der Waals surface area contributed by atoms with Crippen molar-refractivity contribution < 1.29 is 4.79 Å². The summed E-state index contributed by atoms with van der Waals surface area (Å²) in [5.74, 6) is 0. The van der Waals surface area contributed by atoms with Crippen molar-refractivity contribution in [3.05, 3.63) is 29.8 Å². The normalized spacial score (nSPS) is 14.4. The quantitative estimate of drug-likeness (QED) is 0.781. The summed E-state index contributed by atoms with van der Waals surface area (Å²) in [6, 6.07) is 8.09. The Morgan fingerprint density at radius 2 is 2.06 bits per heavy atom. The molecule has 1 aromatic carbocycles. The van der Waals surface area contributed by atoms with E-state index in [1.807, 2.05) is 36.1 Å². The number of benzene rings is 1. The van der Waals surface area contributed by atoms with Gasteiger partial charge in [0.05, 0.1) is 0 Å². The maximum atomic E-state index is 11.9. The van der Waals surface area contributed by atoms with Gasteiger partial charge in [-0.2, -0.15) is 0 Å². The van der Waals surface area contributed by atoms with E-state index in [2.05, 4.69) is 5.32 Å². The summed E-state index contributed by atoms with van der Waals surface area (Å²) in [4.78, 5) is 13.7. The van der Waals surface area contributed by atoms with E-state index in [4.69, 9.17) is 5.73 Å². The highest BCUT2D eigenvalue weighted by molar-refractivity contribution is 5.74. The molecule has 17 heavy (non-hydrogen) atoms. The van der Waals surface area contributed by atoms with Gasteiger partial charge in [0.15, 0.2) is 0 Å². The van der Waals surface area contributed by atoms with Crippen molar-refractivity contribution in [3.8, 4) is 0 Å². The van der Waals surface area contributed by atoms with Gasteiger partial charge < -0.3 is 16.0 Å². The third-order valence-corrected chi connectivity index (χ3v) is 2.93. The zero-order chi connectivity index (χ0) is 12.3. The Labute approximate surface area is 102 Å². The first-order valence-electron chi connectivity index (χ1n) is 6.09. The topological polar surface area (TPSA) is 58.4 Å². The first-order valence-corrected chi connectivity index (χ1v) is 6.09. The number of carbonyl (C=O) groups is 1. The number of nitrogens with zero attached hydrogens (tertiary/aromatic N) is 1. The van der Waals surface area contributed by atoms with E-state index in [1.165, 1.54) is 0 Å². The molecule has 0 saturated heterocycles. The molecular weight excluding hydrogens is 214 g/mol. The van der Waals surface area contributed by atoms with E-state index >= 15 is 0 Å². The molecule has 0 heterocycles. The van der Waals surface area contributed by atoms with Crippen molar-refractivity contribution in [2.75, 3.05) is 12.3 Å². The molecule has 0 radical (unpaired) electrons. The number of amides is 2. The Bertz CT molecular complexity index is 384. The standard InChI is InChI=1S/C13H19N3O/c1-2-16(13(17)15-12-7-8-12)9-10-3-5-11(14)6-4-10/h3-6,12H,2,7-9,14H2,1H3,(H,15,17). The van der Waals surface area contributed by atoms with E-state index in [-0.39, 0.29) is 6.03 Å². The molecule has 4 nitrogen and oxygen atoms in total. The highest BCUT2D eigenvalue weighted by Crippen LogP contribution is 2.19. The van der Waals surface area contributed by atoms with Crippen molar-refractivity contribution in [2.24, 2.45) is 0 Å². The minimum Gasteiger partial charge on any atom is -0.399 e. The van der Waals surface area contributed by atoms with Gasteiger partial charge in [-0.15, -0.1) is 0 Å². The van der Waals surface area contributed by atoms with Gasteiger partial charge >= 0.3 is 6.03 Å². The molecule has 1 saturated carbocycles. The highest BCUT2D eigenvalue weighted by atomic mass is 16.2. The van der Waals surface area contributed by atoms with Crippen LogP contribution in [0.2, 0.25) is 0 Å². The predicted octanol–water partition coefficient (Wildman–Crippen LogP) is 1.96. The lowest BCUT2D eigenvalue weighted by Gasteiger charge is -2.21. The number of anilines is 1. The number of nitrogens with two attached hydrogens (primary N) is 1. The second-order valence-electron chi connectivity index (χ2n) is 4.48. The van der Waals surface area contributed by atoms with Crippen LogP contribution in [0, 0.1) is 0 Å². The molecular formula is C13H19N3O. The van der Waals surface area contributed by atoms with Crippen LogP contribution < -0.4 is 11.1 Å². The molecule has 1 aromatic rings. The maximum Gasteiger partial charge on any atom is 0.317 e. The summed E-state index contributed by atoms with van der Waals surface area (Å²) in [5, 5.41) is 3.00. The van der Waals surface area contributed by atoms with E-state index in [0.717, 1.165) is 24.1 Å². The molecule has 0 spiro atoms. The van der Waals surface area contributed by atoms with Crippen LogP contribution in [-0.4, -0.2) is 23.5 Å². The van der Waals surface area contributed by atoms with Crippen LogP contribution in [0.15, 0.2) is 24.3 Å². The van der Waals surface area contributed by atoms with Crippen LogP contribution in [0.1, 0.15) is 25.3 Å². The lowest BCUT2D eigenvalue weighted by molar-refractivity contribution is 0.197. The molecule has 1 aliphatic rings. The fourth-order valence-corrected chi connectivity index (χ4v) is 1.66. The fourth-order valence-electron chi connectivity index (χ4n) is 1.66. The number of hydrogen-bond acceptors (Lipinski definition) is 2. The van der Waals surface area contributed by atoms with Gasteiger partial charge in [-0.1, -0.05) is 12.1 Å². The van der Waals surface area contributed by atoms with Gasteiger partial charge in [0, 0.05) is 24.8 Å². The van der Waals surface area contributed by atoms with Crippen LogP contribution in [0.5, 0.6) is 0 Å². The van der Waals surface area contributed by atoms with Crippen molar-refractivity contribution >= 4 is 11.7 Å². The van der Waals surface area contributed by atoms with Crippen molar-refractivity contribution in [1.29, 1.82) is 0 Å². The Morgan fingerprint density at radius 3 is 2.59 bits per heavy atom. The number of urea groups is 1. The van der Waals surface area contributed by atoms with Gasteiger partial charge in [0.25, 0.3) is 0 Å². The molecule has 1 fully saturated rings. The minimum atomic E-state index is 0.0341. The molecule has 0 atom stereocenters. The molecule has 3 N–H and O–H groups in total. The molecule has 2 rings (SSSR count). The first kappa shape index (κ1) is 11.8. The zero-order valence-corrected chi connectivity index (χ0v) is 10.1. The monoisotopic (exact) mass is 233 g/mol. The Balaban J connectivity index is 1.93. The van der Waals surface area contributed by atoms with E-state index in [1.54, 1.807) is 0 Å². The molecule has 0 aliphatic heterocycles. The summed E-state index contributed by atoms with van der Waals surface area (Å²) >= 11 is 0. The molecule has 0 unspecified atom stereocenters. The number of rotatable bonds is 4. The first-order chi connectivity index (χ1) is 8.19. The second kappa shape index (κ2) is 5.08. The van der Waals surface area contributed by atoms with Gasteiger partial charge in [0.2, 0.25) is 0 Å². The molecule has 1 aliphatic carbocycles.